The third-order valence-corrected chi connectivity index (χ3v) is 5.28. The monoisotopic (exact) mass is 318 g/mol. The fraction of sp³-hybridized carbons (Fsp3) is 0.667. The number of nitrogens with two attached hydrogens (primary N) is 1. The lowest BCUT2D eigenvalue weighted by Crippen LogP contribution is -2.39. The maximum absolute atomic E-state index is 9.32. The van der Waals surface area contributed by atoms with E-state index in [0.29, 0.717) is 18.5 Å². The number of halogens is 1. The second-order valence-corrected chi connectivity index (χ2v) is 6.46. The highest BCUT2D eigenvalue weighted by Crippen LogP contribution is 2.30. The summed E-state index contributed by atoms with van der Waals surface area (Å²) in [5.41, 5.74) is 5.85. The number of thiophene rings is 1. The zero-order chi connectivity index (χ0) is 12.3. The van der Waals surface area contributed by atoms with Gasteiger partial charge in [0.1, 0.15) is 0 Å². The molecule has 1 fully saturated rings. The van der Waals surface area contributed by atoms with Crippen molar-refractivity contribution in [3.8, 4) is 0 Å². The highest BCUT2D eigenvalue weighted by molar-refractivity contribution is 9.10. The Hall–Kier alpha value is 0.0600. The van der Waals surface area contributed by atoms with Crippen LogP contribution in [-0.4, -0.2) is 24.3 Å². The molecule has 0 radical (unpaired) electrons. The van der Waals surface area contributed by atoms with Gasteiger partial charge in [0.25, 0.3) is 0 Å². The molecule has 3 atom stereocenters. The molecule has 5 heteroatoms. The van der Waals surface area contributed by atoms with E-state index < -0.39 is 0 Å². The van der Waals surface area contributed by atoms with E-state index in [0.717, 1.165) is 17.3 Å². The van der Waals surface area contributed by atoms with Gasteiger partial charge >= 0.3 is 0 Å². The van der Waals surface area contributed by atoms with E-state index in [1.54, 1.807) is 11.3 Å². The van der Waals surface area contributed by atoms with E-state index in [-0.39, 0.29) is 12.6 Å². The minimum Gasteiger partial charge on any atom is -0.396 e. The van der Waals surface area contributed by atoms with Crippen LogP contribution in [0.4, 0.5) is 0 Å². The Kier molecular flexibility index (Phi) is 4.99. The summed E-state index contributed by atoms with van der Waals surface area (Å²) in [5, 5.41) is 15.0. The zero-order valence-electron chi connectivity index (χ0n) is 9.73. The van der Waals surface area contributed by atoms with Crippen LogP contribution in [0, 0.1) is 5.92 Å². The van der Waals surface area contributed by atoms with Gasteiger partial charge in [0, 0.05) is 33.9 Å². The van der Waals surface area contributed by atoms with E-state index in [4.69, 9.17) is 5.73 Å². The van der Waals surface area contributed by atoms with Gasteiger partial charge in [-0.05, 0) is 40.8 Å². The van der Waals surface area contributed by atoms with E-state index in [9.17, 15) is 5.11 Å². The van der Waals surface area contributed by atoms with Gasteiger partial charge < -0.3 is 16.2 Å². The molecule has 2 rings (SSSR count). The Balaban J connectivity index is 2.00. The minimum atomic E-state index is 0.212. The summed E-state index contributed by atoms with van der Waals surface area (Å²) in [5.74, 6) is 0.396. The lowest BCUT2D eigenvalue weighted by atomic mass is 10.0. The van der Waals surface area contributed by atoms with Crippen LogP contribution in [0.2, 0.25) is 0 Å². The molecular weight excluding hydrogens is 300 g/mol. The van der Waals surface area contributed by atoms with E-state index in [2.05, 4.69) is 32.7 Å². The van der Waals surface area contributed by atoms with Gasteiger partial charge in [-0.1, -0.05) is 6.42 Å². The van der Waals surface area contributed by atoms with Crippen LogP contribution in [0.1, 0.15) is 30.2 Å². The number of aliphatic hydroxyl groups excluding tert-OH is 1. The molecule has 1 heterocycles. The predicted octanol–water partition coefficient (Wildman–Crippen LogP) is 2.26. The van der Waals surface area contributed by atoms with Gasteiger partial charge in [0.05, 0.1) is 6.04 Å². The third kappa shape index (κ3) is 3.29. The molecule has 0 amide bonds. The Bertz CT molecular complexity index is 358. The summed E-state index contributed by atoms with van der Waals surface area (Å²) < 4.78 is 1.11. The van der Waals surface area contributed by atoms with Crippen molar-refractivity contribution in [1.82, 2.24) is 5.32 Å². The van der Waals surface area contributed by atoms with Crippen LogP contribution in [0.5, 0.6) is 0 Å². The molecular formula is C12H19BrN2OS. The summed E-state index contributed by atoms with van der Waals surface area (Å²) >= 11 is 5.19. The van der Waals surface area contributed by atoms with Gasteiger partial charge in [0.2, 0.25) is 0 Å². The molecule has 0 aromatic carbocycles. The average Bonchev–Trinajstić information content (AvgIpc) is 2.94. The van der Waals surface area contributed by atoms with Crippen molar-refractivity contribution in [2.45, 2.75) is 31.3 Å². The molecule has 0 bridgehead atoms. The van der Waals surface area contributed by atoms with Crippen molar-refractivity contribution >= 4 is 27.3 Å². The van der Waals surface area contributed by atoms with Crippen LogP contribution in [0.3, 0.4) is 0 Å². The summed E-state index contributed by atoms with van der Waals surface area (Å²) in [6, 6.07) is 2.75. The topological polar surface area (TPSA) is 58.3 Å². The fourth-order valence-electron chi connectivity index (χ4n) is 2.51. The van der Waals surface area contributed by atoms with Crippen LogP contribution in [0.25, 0.3) is 0 Å². The molecule has 1 aliphatic rings. The first-order valence-electron chi connectivity index (χ1n) is 6.05. The average molecular weight is 319 g/mol. The Morgan fingerprint density at radius 2 is 2.41 bits per heavy atom. The molecule has 0 saturated heterocycles. The second-order valence-electron chi connectivity index (χ2n) is 4.60. The number of rotatable bonds is 5. The molecule has 1 aliphatic carbocycles. The van der Waals surface area contributed by atoms with Gasteiger partial charge in [-0.15, -0.1) is 11.3 Å². The third-order valence-electron chi connectivity index (χ3n) is 3.48. The Labute approximate surface area is 115 Å². The van der Waals surface area contributed by atoms with Gasteiger partial charge in [0.15, 0.2) is 0 Å². The molecule has 1 aromatic heterocycles. The zero-order valence-corrected chi connectivity index (χ0v) is 12.1. The van der Waals surface area contributed by atoms with E-state index >= 15 is 0 Å². The summed E-state index contributed by atoms with van der Waals surface area (Å²) in [6.07, 6.45) is 3.47. The first kappa shape index (κ1) is 13.5. The van der Waals surface area contributed by atoms with Crippen LogP contribution in [0.15, 0.2) is 15.9 Å². The quantitative estimate of drug-likeness (QED) is 0.780. The van der Waals surface area contributed by atoms with E-state index in [1.807, 2.05) is 0 Å². The molecule has 1 saturated carbocycles. The minimum absolute atomic E-state index is 0.212. The van der Waals surface area contributed by atoms with Gasteiger partial charge in [-0.3, -0.25) is 0 Å². The van der Waals surface area contributed by atoms with Gasteiger partial charge in [-0.25, -0.2) is 0 Å². The second kappa shape index (κ2) is 6.29. The van der Waals surface area contributed by atoms with Crippen LogP contribution in [-0.2, 0) is 0 Å². The Morgan fingerprint density at radius 3 is 3.00 bits per heavy atom. The first-order valence-corrected chi connectivity index (χ1v) is 7.72. The Morgan fingerprint density at radius 1 is 1.59 bits per heavy atom. The lowest BCUT2D eigenvalue weighted by Gasteiger charge is -2.24. The predicted molar refractivity (Wildman–Crippen MR) is 75.2 cm³/mol. The van der Waals surface area contributed by atoms with Gasteiger partial charge in [-0.2, -0.15) is 0 Å². The summed E-state index contributed by atoms with van der Waals surface area (Å²) in [7, 11) is 0. The first-order chi connectivity index (χ1) is 8.24. The van der Waals surface area contributed by atoms with Crippen molar-refractivity contribution in [3.63, 3.8) is 0 Å². The van der Waals surface area contributed by atoms with Crippen molar-refractivity contribution < 1.29 is 5.11 Å². The standard InChI is InChI=1S/C12H19BrN2OS/c13-9-4-12(17-7-9)11(5-14)15-10-3-1-2-8(10)6-16/h4,7-8,10-11,15-16H,1-3,5-6,14H2. The smallest absolute Gasteiger partial charge is 0.0541 e. The molecule has 96 valence electrons. The molecule has 3 unspecified atom stereocenters. The number of hydrogen-bond donors (Lipinski definition) is 3. The highest BCUT2D eigenvalue weighted by atomic mass is 79.9. The van der Waals surface area contributed by atoms with Crippen molar-refractivity contribution in [1.29, 1.82) is 0 Å². The van der Waals surface area contributed by atoms with Crippen molar-refractivity contribution in [2.75, 3.05) is 13.2 Å². The largest absolute Gasteiger partial charge is 0.396 e. The van der Waals surface area contributed by atoms with E-state index in [1.165, 1.54) is 11.3 Å². The maximum atomic E-state index is 9.32. The van der Waals surface area contributed by atoms with Crippen molar-refractivity contribution in [2.24, 2.45) is 11.7 Å². The molecule has 4 N–H and O–H groups in total. The maximum Gasteiger partial charge on any atom is 0.0541 e. The van der Waals surface area contributed by atoms with Crippen LogP contribution >= 0.6 is 27.3 Å². The SMILES string of the molecule is NCC(NC1CCCC1CO)c1cc(Br)cs1. The number of hydrogen-bond acceptors (Lipinski definition) is 4. The molecule has 17 heavy (non-hydrogen) atoms. The fourth-order valence-corrected chi connectivity index (χ4v) is 4.03. The molecule has 0 spiro atoms. The molecule has 1 aromatic rings. The van der Waals surface area contributed by atoms with Crippen molar-refractivity contribution in [3.05, 3.63) is 20.8 Å². The summed E-state index contributed by atoms with van der Waals surface area (Å²) in [6.45, 7) is 0.880. The normalized spacial score (nSPS) is 26.3. The van der Waals surface area contributed by atoms with Crippen LogP contribution < -0.4 is 11.1 Å². The number of nitrogens with one attached hydrogen (secondary N) is 1. The molecule has 0 aliphatic heterocycles. The lowest BCUT2D eigenvalue weighted by molar-refractivity contribution is 0.200. The highest BCUT2D eigenvalue weighted by Gasteiger charge is 2.28. The summed E-state index contributed by atoms with van der Waals surface area (Å²) in [4.78, 5) is 1.27. The molecule has 3 nitrogen and oxygen atoms in total. The number of aliphatic hydroxyl groups is 1.